The van der Waals surface area contributed by atoms with Crippen LogP contribution in [0.4, 0.5) is 0 Å². The van der Waals surface area contributed by atoms with Crippen LogP contribution in [0, 0.1) is 5.92 Å². The predicted molar refractivity (Wildman–Crippen MR) is 141 cm³/mol. The summed E-state index contributed by atoms with van der Waals surface area (Å²) in [7, 11) is 0. The lowest BCUT2D eigenvalue weighted by Crippen LogP contribution is -3.00. The van der Waals surface area contributed by atoms with Crippen molar-refractivity contribution in [3.8, 4) is 0 Å². The lowest BCUT2D eigenvalue weighted by atomic mass is 9.82. The number of aryl methyl sites for hydroxylation is 1. The van der Waals surface area contributed by atoms with Gasteiger partial charge < -0.3 is 31.3 Å². The van der Waals surface area contributed by atoms with Crippen molar-refractivity contribution in [2.75, 3.05) is 26.2 Å². The van der Waals surface area contributed by atoms with Crippen LogP contribution in [0.25, 0.3) is 0 Å². The standard InChI is InChI=1S/C30H33BrNO3.BrH/c31-27-15-7-9-23(21-27)10-8-18-32-19-16-24(17-20-32)28(22-32)35-29(33)30(34,25-11-3-1-4-12-25)26-13-5-2-6-14-26;/h1-7,9,11-15,21,24,28,34H,8,10,16-20,22H2;1H/q+1;/p-1. The maximum atomic E-state index is 13.7. The third-order valence-electron chi connectivity index (χ3n) is 7.97. The smallest absolute Gasteiger partial charge is 0.348 e. The number of aliphatic hydroxyl groups is 1. The first-order valence-corrected chi connectivity index (χ1v) is 13.4. The number of benzene rings is 3. The molecule has 0 aliphatic carbocycles. The summed E-state index contributed by atoms with van der Waals surface area (Å²) >= 11 is 3.57. The van der Waals surface area contributed by atoms with Gasteiger partial charge in [0.15, 0.2) is 6.10 Å². The second kappa shape index (κ2) is 11.6. The van der Waals surface area contributed by atoms with E-state index < -0.39 is 11.6 Å². The molecular formula is C30H33Br2NO3. The number of nitrogens with zero attached hydrogens (tertiary/aromatic N) is 1. The maximum absolute atomic E-state index is 13.7. The van der Waals surface area contributed by atoms with E-state index in [1.807, 2.05) is 36.4 Å². The minimum atomic E-state index is -1.82. The number of fused-ring (bicyclic) bond motifs is 3. The Morgan fingerprint density at radius 3 is 2.14 bits per heavy atom. The van der Waals surface area contributed by atoms with Crippen LogP contribution >= 0.6 is 15.9 Å². The number of hydrogen-bond acceptors (Lipinski definition) is 3. The van der Waals surface area contributed by atoms with E-state index in [9.17, 15) is 9.90 Å². The zero-order valence-corrected chi connectivity index (χ0v) is 23.5. The highest BCUT2D eigenvalue weighted by atomic mass is 79.9. The third-order valence-corrected chi connectivity index (χ3v) is 8.46. The van der Waals surface area contributed by atoms with Crippen molar-refractivity contribution in [1.29, 1.82) is 0 Å². The number of carbonyl (C=O) groups excluding carboxylic acids is 1. The van der Waals surface area contributed by atoms with E-state index in [-0.39, 0.29) is 23.1 Å². The van der Waals surface area contributed by atoms with Crippen molar-refractivity contribution < 1.29 is 36.1 Å². The molecule has 3 fully saturated rings. The molecule has 1 unspecified atom stereocenters. The van der Waals surface area contributed by atoms with Gasteiger partial charge in [-0.2, -0.15) is 0 Å². The molecule has 1 atom stereocenters. The van der Waals surface area contributed by atoms with E-state index in [0.717, 1.165) is 60.8 Å². The van der Waals surface area contributed by atoms with Crippen LogP contribution in [-0.4, -0.2) is 47.8 Å². The summed E-state index contributed by atoms with van der Waals surface area (Å²) < 4.78 is 8.33. The molecule has 6 heteroatoms. The Kier molecular flexibility index (Phi) is 8.71. The van der Waals surface area contributed by atoms with Crippen LogP contribution in [0.3, 0.4) is 0 Å². The molecule has 6 rings (SSSR count). The number of esters is 1. The Labute approximate surface area is 232 Å². The Morgan fingerprint density at radius 2 is 1.56 bits per heavy atom. The van der Waals surface area contributed by atoms with Crippen molar-refractivity contribution in [2.24, 2.45) is 5.92 Å². The fourth-order valence-electron chi connectivity index (χ4n) is 5.96. The molecular weight excluding hydrogens is 582 g/mol. The third kappa shape index (κ3) is 5.62. The van der Waals surface area contributed by atoms with Gasteiger partial charge in [0.25, 0.3) is 0 Å². The Morgan fingerprint density at radius 1 is 0.944 bits per heavy atom. The average Bonchev–Trinajstić information content (AvgIpc) is 2.90. The van der Waals surface area contributed by atoms with Crippen LogP contribution < -0.4 is 17.0 Å². The lowest BCUT2D eigenvalue weighted by molar-refractivity contribution is -0.946. The highest BCUT2D eigenvalue weighted by Crippen LogP contribution is 2.38. The highest BCUT2D eigenvalue weighted by Gasteiger charge is 2.50. The molecule has 2 bridgehead atoms. The predicted octanol–water partition coefficient (Wildman–Crippen LogP) is 2.47. The topological polar surface area (TPSA) is 46.5 Å². The average molecular weight is 615 g/mol. The van der Waals surface area contributed by atoms with Crippen molar-refractivity contribution >= 4 is 21.9 Å². The first kappa shape index (κ1) is 27.1. The molecule has 3 aromatic carbocycles. The number of carbonyl (C=O) groups is 1. The Hall–Kier alpha value is -1.99. The van der Waals surface area contributed by atoms with Gasteiger partial charge in [-0.25, -0.2) is 4.79 Å². The summed E-state index contributed by atoms with van der Waals surface area (Å²) in [5, 5.41) is 11.8. The second-order valence-corrected chi connectivity index (χ2v) is 11.1. The number of piperidine rings is 3. The van der Waals surface area contributed by atoms with Gasteiger partial charge in [-0.1, -0.05) is 88.7 Å². The van der Waals surface area contributed by atoms with E-state index in [1.54, 1.807) is 24.3 Å². The Balaban J connectivity index is 0.00000304. The van der Waals surface area contributed by atoms with Crippen molar-refractivity contribution in [1.82, 2.24) is 0 Å². The van der Waals surface area contributed by atoms with E-state index in [4.69, 9.17) is 4.74 Å². The van der Waals surface area contributed by atoms with Gasteiger partial charge in [-0.05, 0) is 35.2 Å². The van der Waals surface area contributed by atoms with Crippen molar-refractivity contribution in [3.63, 3.8) is 0 Å². The molecule has 0 spiro atoms. The van der Waals surface area contributed by atoms with Crippen LogP contribution in [0.15, 0.2) is 89.4 Å². The fraction of sp³-hybridized carbons (Fsp3) is 0.367. The summed E-state index contributed by atoms with van der Waals surface area (Å²) in [6, 6.07) is 26.8. The number of halogens is 2. The van der Waals surface area contributed by atoms with Gasteiger partial charge in [-0.3, -0.25) is 0 Å². The van der Waals surface area contributed by atoms with E-state index >= 15 is 0 Å². The summed E-state index contributed by atoms with van der Waals surface area (Å²) in [6.07, 6.45) is 4.15. The van der Waals surface area contributed by atoms with Crippen LogP contribution in [-0.2, 0) is 21.6 Å². The minimum Gasteiger partial charge on any atom is -1.00 e. The van der Waals surface area contributed by atoms with Crippen LogP contribution in [0.1, 0.15) is 36.0 Å². The molecule has 0 saturated carbocycles. The first-order chi connectivity index (χ1) is 17.0. The largest absolute Gasteiger partial charge is 1.00 e. The summed E-state index contributed by atoms with van der Waals surface area (Å²) in [5.74, 6) is -0.194. The molecule has 3 aromatic rings. The Bertz CT molecular complexity index is 1110. The molecule has 0 aromatic heterocycles. The van der Waals surface area contributed by atoms with Crippen molar-refractivity contribution in [2.45, 2.75) is 37.4 Å². The summed E-state index contributed by atoms with van der Waals surface area (Å²) in [4.78, 5) is 13.7. The van der Waals surface area contributed by atoms with E-state index in [2.05, 4.69) is 40.2 Å². The summed E-state index contributed by atoms with van der Waals surface area (Å²) in [5.41, 5.74) is 0.606. The lowest BCUT2D eigenvalue weighted by Gasteiger charge is -2.52. The van der Waals surface area contributed by atoms with Gasteiger partial charge in [0.2, 0.25) is 5.60 Å². The highest BCUT2D eigenvalue weighted by molar-refractivity contribution is 9.10. The van der Waals surface area contributed by atoms with Gasteiger partial charge in [0, 0.05) is 29.7 Å². The summed E-state index contributed by atoms with van der Waals surface area (Å²) in [6.45, 7) is 4.24. The SMILES string of the molecule is O=C(OC1C[N+]2(CCCc3cccc(Br)c3)CCC1CC2)C(O)(c1ccccc1)c1ccccc1.[Br-]. The molecule has 3 aliphatic heterocycles. The molecule has 36 heavy (non-hydrogen) atoms. The zero-order valence-electron chi connectivity index (χ0n) is 20.4. The number of hydrogen-bond donors (Lipinski definition) is 1. The fourth-order valence-corrected chi connectivity index (χ4v) is 6.41. The van der Waals surface area contributed by atoms with Crippen LogP contribution in [0.5, 0.6) is 0 Å². The molecule has 4 nitrogen and oxygen atoms in total. The molecule has 1 N–H and O–H groups in total. The molecule has 0 radical (unpaired) electrons. The number of quaternary nitrogens is 1. The van der Waals surface area contributed by atoms with E-state index in [1.165, 1.54) is 5.56 Å². The molecule has 0 amide bonds. The van der Waals surface area contributed by atoms with Crippen LogP contribution in [0.2, 0.25) is 0 Å². The molecule has 3 saturated heterocycles. The quantitative estimate of drug-likeness (QED) is 0.313. The second-order valence-electron chi connectivity index (χ2n) is 10.2. The first-order valence-electron chi connectivity index (χ1n) is 12.6. The monoisotopic (exact) mass is 613 g/mol. The number of rotatable bonds is 8. The number of ether oxygens (including phenoxy) is 1. The van der Waals surface area contributed by atoms with Gasteiger partial charge in [0.1, 0.15) is 6.54 Å². The van der Waals surface area contributed by atoms with Gasteiger partial charge in [-0.15, -0.1) is 0 Å². The maximum Gasteiger partial charge on any atom is 0.348 e. The molecule has 3 heterocycles. The zero-order chi connectivity index (χ0) is 24.3. The van der Waals surface area contributed by atoms with Gasteiger partial charge >= 0.3 is 5.97 Å². The normalized spacial score (nSPS) is 23.1. The van der Waals surface area contributed by atoms with E-state index in [0.29, 0.717) is 17.0 Å². The van der Waals surface area contributed by atoms with Crippen molar-refractivity contribution in [3.05, 3.63) is 106 Å². The molecule has 3 aliphatic rings. The van der Waals surface area contributed by atoms with Gasteiger partial charge in [0.05, 0.1) is 19.6 Å². The molecule has 190 valence electrons. The minimum absolute atomic E-state index is 0.